The van der Waals surface area contributed by atoms with Gasteiger partial charge in [0.05, 0.1) is 17.0 Å². The first-order valence-corrected chi connectivity index (χ1v) is 7.41. The van der Waals surface area contributed by atoms with Crippen LogP contribution in [0.2, 0.25) is 0 Å². The van der Waals surface area contributed by atoms with E-state index in [1.807, 2.05) is 56.4 Å². The lowest BCUT2D eigenvalue weighted by molar-refractivity contribution is 0.0778. The van der Waals surface area contributed by atoms with Crippen LogP contribution in [0.1, 0.15) is 22.5 Å². The van der Waals surface area contributed by atoms with Crippen molar-refractivity contribution in [2.75, 3.05) is 27.3 Å². The Hall–Kier alpha value is -2.20. The number of methoxy groups -OCH3 is 1. The zero-order valence-corrected chi connectivity index (χ0v) is 13.4. The van der Waals surface area contributed by atoms with E-state index in [4.69, 9.17) is 4.74 Å². The van der Waals surface area contributed by atoms with E-state index < -0.39 is 0 Å². The molecular weight excluding hydrogens is 276 g/mol. The first-order chi connectivity index (χ1) is 10.6. The molecule has 0 aliphatic rings. The summed E-state index contributed by atoms with van der Waals surface area (Å²) in [7, 11) is 3.47. The van der Waals surface area contributed by atoms with E-state index in [2.05, 4.69) is 4.98 Å². The Morgan fingerprint density at radius 2 is 1.91 bits per heavy atom. The van der Waals surface area contributed by atoms with Crippen LogP contribution in [-0.4, -0.2) is 43.1 Å². The van der Waals surface area contributed by atoms with Gasteiger partial charge in [0.25, 0.3) is 5.91 Å². The summed E-state index contributed by atoms with van der Waals surface area (Å²) in [6.45, 7) is 3.21. The molecule has 1 aromatic carbocycles. The van der Waals surface area contributed by atoms with Gasteiger partial charge >= 0.3 is 0 Å². The van der Waals surface area contributed by atoms with Gasteiger partial charge in [0, 0.05) is 32.9 Å². The molecule has 0 aliphatic heterocycles. The maximum Gasteiger partial charge on any atom is 0.255 e. The van der Waals surface area contributed by atoms with Gasteiger partial charge in [0.15, 0.2) is 0 Å². The molecule has 1 amide bonds. The molecule has 1 heterocycles. The van der Waals surface area contributed by atoms with E-state index in [1.165, 1.54) is 0 Å². The molecule has 0 saturated carbocycles. The number of hydrogen-bond donors (Lipinski definition) is 0. The summed E-state index contributed by atoms with van der Waals surface area (Å²) in [4.78, 5) is 18.7. The Morgan fingerprint density at radius 3 is 2.55 bits per heavy atom. The lowest BCUT2D eigenvalue weighted by Gasteiger charge is -2.18. The van der Waals surface area contributed by atoms with E-state index in [0.717, 1.165) is 23.4 Å². The first-order valence-electron chi connectivity index (χ1n) is 7.41. The Labute approximate surface area is 131 Å². The van der Waals surface area contributed by atoms with Crippen LogP contribution < -0.4 is 0 Å². The molecule has 0 saturated heterocycles. The molecule has 4 nitrogen and oxygen atoms in total. The largest absolute Gasteiger partial charge is 0.385 e. The highest BCUT2D eigenvalue weighted by Gasteiger charge is 2.15. The minimum atomic E-state index is 0.000662. The van der Waals surface area contributed by atoms with Gasteiger partial charge in [-0.2, -0.15) is 0 Å². The van der Waals surface area contributed by atoms with Crippen molar-refractivity contribution in [3.8, 4) is 11.3 Å². The highest BCUT2D eigenvalue weighted by Crippen LogP contribution is 2.19. The second-order valence-corrected chi connectivity index (χ2v) is 5.27. The van der Waals surface area contributed by atoms with Crippen LogP contribution in [0, 0.1) is 6.92 Å². The summed E-state index contributed by atoms with van der Waals surface area (Å²) in [5, 5.41) is 0. The monoisotopic (exact) mass is 298 g/mol. The molecule has 0 atom stereocenters. The van der Waals surface area contributed by atoms with Crippen molar-refractivity contribution in [3.63, 3.8) is 0 Å². The van der Waals surface area contributed by atoms with Crippen molar-refractivity contribution >= 4 is 5.91 Å². The summed E-state index contributed by atoms with van der Waals surface area (Å²) >= 11 is 0. The molecule has 1 aromatic heterocycles. The van der Waals surface area contributed by atoms with E-state index in [0.29, 0.717) is 18.7 Å². The van der Waals surface area contributed by atoms with Crippen molar-refractivity contribution in [3.05, 3.63) is 53.7 Å². The third-order valence-electron chi connectivity index (χ3n) is 3.57. The van der Waals surface area contributed by atoms with E-state index in [9.17, 15) is 4.79 Å². The Balaban J connectivity index is 2.14. The number of pyridine rings is 1. The van der Waals surface area contributed by atoms with Crippen LogP contribution in [0.3, 0.4) is 0 Å². The van der Waals surface area contributed by atoms with Crippen molar-refractivity contribution in [2.45, 2.75) is 13.3 Å². The molecule has 116 valence electrons. The van der Waals surface area contributed by atoms with Gasteiger partial charge in [0.1, 0.15) is 0 Å². The standard InChI is InChI=1S/C18H22N2O2/c1-14-16(18(21)20(2)12-7-13-22-3)10-11-17(19-14)15-8-5-4-6-9-15/h4-6,8-11H,7,12-13H2,1-3H3. The van der Waals surface area contributed by atoms with E-state index >= 15 is 0 Å². The summed E-state index contributed by atoms with van der Waals surface area (Å²) in [6, 6.07) is 13.7. The van der Waals surface area contributed by atoms with Crippen LogP contribution in [0.4, 0.5) is 0 Å². The van der Waals surface area contributed by atoms with Gasteiger partial charge in [0.2, 0.25) is 0 Å². The molecule has 0 unspecified atom stereocenters. The predicted molar refractivity (Wildman–Crippen MR) is 87.9 cm³/mol. The van der Waals surface area contributed by atoms with Gasteiger partial charge in [-0.25, -0.2) is 0 Å². The summed E-state index contributed by atoms with van der Waals surface area (Å²) < 4.78 is 5.02. The number of carbonyl (C=O) groups excluding carboxylic acids is 1. The van der Waals surface area contributed by atoms with E-state index in [-0.39, 0.29) is 5.91 Å². The highest BCUT2D eigenvalue weighted by molar-refractivity contribution is 5.95. The fraction of sp³-hybridized carbons (Fsp3) is 0.333. The molecule has 2 rings (SSSR count). The van der Waals surface area contributed by atoms with Crippen molar-refractivity contribution in [2.24, 2.45) is 0 Å². The number of benzene rings is 1. The minimum Gasteiger partial charge on any atom is -0.385 e. The fourth-order valence-electron chi connectivity index (χ4n) is 2.31. The average Bonchev–Trinajstić information content (AvgIpc) is 2.55. The SMILES string of the molecule is COCCCN(C)C(=O)c1ccc(-c2ccccc2)nc1C. The highest BCUT2D eigenvalue weighted by atomic mass is 16.5. The summed E-state index contributed by atoms with van der Waals surface area (Å²) in [5.74, 6) is 0.000662. The number of aryl methyl sites for hydroxylation is 1. The lowest BCUT2D eigenvalue weighted by Crippen LogP contribution is -2.29. The number of nitrogens with zero attached hydrogens (tertiary/aromatic N) is 2. The topological polar surface area (TPSA) is 42.4 Å². The Bertz CT molecular complexity index is 626. The van der Waals surface area contributed by atoms with Crippen LogP contribution in [0.25, 0.3) is 11.3 Å². The third kappa shape index (κ3) is 3.92. The minimum absolute atomic E-state index is 0.000662. The van der Waals surface area contributed by atoms with Gasteiger partial charge in [-0.1, -0.05) is 30.3 Å². The molecule has 2 aromatic rings. The number of hydrogen-bond acceptors (Lipinski definition) is 3. The summed E-state index contributed by atoms with van der Waals surface area (Å²) in [5.41, 5.74) is 3.35. The molecule has 0 radical (unpaired) electrons. The van der Waals surface area contributed by atoms with E-state index in [1.54, 1.807) is 12.0 Å². The third-order valence-corrected chi connectivity index (χ3v) is 3.57. The fourth-order valence-corrected chi connectivity index (χ4v) is 2.31. The molecule has 0 spiro atoms. The molecule has 22 heavy (non-hydrogen) atoms. The van der Waals surface area contributed by atoms with Gasteiger partial charge in [-0.3, -0.25) is 9.78 Å². The molecule has 0 bridgehead atoms. The van der Waals surface area contributed by atoms with Crippen LogP contribution in [0.5, 0.6) is 0 Å². The molecule has 0 fully saturated rings. The molecule has 0 N–H and O–H groups in total. The Morgan fingerprint density at radius 1 is 1.18 bits per heavy atom. The zero-order valence-electron chi connectivity index (χ0n) is 13.4. The summed E-state index contributed by atoms with van der Waals surface area (Å²) in [6.07, 6.45) is 0.827. The molecule has 0 aliphatic carbocycles. The van der Waals surface area contributed by atoms with Crippen molar-refractivity contribution in [1.82, 2.24) is 9.88 Å². The number of aromatic nitrogens is 1. The number of ether oxygens (including phenoxy) is 1. The number of carbonyl (C=O) groups is 1. The molecule has 4 heteroatoms. The number of amides is 1. The maximum absolute atomic E-state index is 12.5. The van der Waals surface area contributed by atoms with Gasteiger partial charge in [-0.15, -0.1) is 0 Å². The smallest absolute Gasteiger partial charge is 0.255 e. The average molecular weight is 298 g/mol. The Kier molecular flexibility index (Phi) is 5.67. The van der Waals surface area contributed by atoms with Crippen molar-refractivity contribution in [1.29, 1.82) is 0 Å². The van der Waals surface area contributed by atoms with Crippen LogP contribution in [0.15, 0.2) is 42.5 Å². The second-order valence-electron chi connectivity index (χ2n) is 5.27. The lowest BCUT2D eigenvalue weighted by atomic mass is 10.1. The normalized spacial score (nSPS) is 10.5. The van der Waals surface area contributed by atoms with Crippen LogP contribution >= 0.6 is 0 Å². The first kappa shape index (κ1) is 16.2. The quantitative estimate of drug-likeness (QED) is 0.769. The molecular formula is C18H22N2O2. The number of rotatable bonds is 6. The van der Waals surface area contributed by atoms with Crippen LogP contribution in [-0.2, 0) is 4.74 Å². The van der Waals surface area contributed by atoms with Gasteiger partial charge in [-0.05, 0) is 25.5 Å². The zero-order chi connectivity index (χ0) is 15.9. The van der Waals surface area contributed by atoms with Gasteiger partial charge < -0.3 is 9.64 Å². The van der Waals surface area contributed by atoms with Crippen molar-refractivity contribution < 1.29 is 9.53 Å². The second kappa shape index (κ2) is 7.71. The maximum atomic E-state index is 12.5. The predicted octanol–water partition coefficient (Wildman–Crippen LogP) is 3.17.